The summed E-state index contributed by atoms with van der Waals surface area (Å²) in [6.45, 7) is 1.80. The second-order valence-electron chi connectivity index (χ2n) is 3.87. The Morgan fingerprint density at radius 2 is 1.48 bits per heavy atom. The second kappa shape index (κ2) is 8.07. The van der Waals surface area contributed by atoms with Crippen LogP contribution in [0.2, 0.25) is 0 Å². The van der Waals surface area contributed by atoms with Crippen molar-refractivity contribution in [2.24, 2.45) is 9.98 Å². The smallest absolute Gasteiger partial charge is 0.240 e. The average molecular weight is 284 g/mol. The summed E-state index contributed by atoms with van der Waals surface area (Å²) >= 11 is 0. The van der Waals surface area contributed by atoms with Gasteiger partial charge in [-0.05, 0) is 36.8 Å². The van der Waals surface area contributed by atoms with Gasteiger partial charge in [0, 0.05) is 0 Å². The first-order valence-corrected chi connectivity index (χ1v) is 5.82. The summed E-state index contributed by atoms with van der Waals surface area (Å²) in [4.78, 5) is 26.8. The summed E-state index contributed by atoms with van der Waals surface area (Å²) in [6.07, 6.45) is 2.84. The van der Waals surface area contributed by atoms with Gasteiger partial charge in [-0.15, -0.1) is 0 Å². The molecule has 0 saturated heterocycles. The number of aliphatic imine (C=N–C) groups is 2. The van der Waals surface area contributed by atoms with Crippen molar-refractivity contribution in [1.29, 1.82) is 0 Å². The maximum atomic E-state index is 10.00. The molecule has 0 saturated carbocycles. The molecule has 0 bridgehead atoms. The van der Waals surface area contributed by atoms with Gasteiger partial charge < -0.3 is 10.2 Å². The van der Waals surface area contributed by atoms with Crippen molar-refractivity contribution < 1.29 is 19.8 Å². The number of aromatic hydroxyl groups is 2. The van der Waals surface area contributed by atoms with E-state index in [1.54, 1.807) is 31.2 Å². The van der Waals surface area contributed by atoms with Crippen LogP contribution in [-0.4, -0.2) is 22.4 Å². The molecule has 0 spiro atoms. The van der Waals surface area contributed by atoms with E-state index < -0.39 is 0 Å². The van der Waals surface area contributed by atoms with E-state index in [4.69, 9.17) is 10.2 Å². The number of carbonyl (C=O) groups excluding carboxylic acids is 2. The van der Waals surface area contributed by atoms with Crippen LogP contribution in [0.15, 0.2) is 52.4 Å². The molecule has 0 aliphatic rings. The molecular formula is C15H12N2O4. The summed E-state index contributed by atoms with van der Waals surface area (Å²) in [5.41, 5.74) is 1.72. The second-order valence-corrected chi connectivity index (χ2v) is 3.87. The summed E-state index contributed by atoms with van der Waals surface area (Å²) < 4.78 is 0. The molecule has 2 N–H and O–H groups in total. The van der Waals surface area contributed by atoms with Crippen LogP contribution < -0.4 is 0 Å². The van der Waals surface area contributed by atoms with Gasteiger partial charge >= 0.3 is 0 Å². The van der Waals surface area contributed by atoms with Crippen LogP contribution in [0.3, 0.4) is 0 Å². The van der Waals surface area contributed by atoms with Gasteiger partial charge in [0.15, 0.2) is 11.5 Å². The number of phenols is 2. The minimum atomic E-state index is -0.0764. The van der Waals surface area contributed by atoms with E-state index in [1.165, 1.54) is 30.4 Å². The van der Waals surface area contributed by atoms with Crippen LogP contribution in [0.4, 0.5) is 11.4 Å². The molecule has 0 atom stereocenters. The molecule has 106 valence electrons. The maximum absolute atomic E-state index is 10.00. The standard InChI is InChI=1S/C9H6N2O2.C6H6O2/c1-7-2-3-8(10-5-12)4-9(7)11-6-13;7-5-3-1-2-4-6(5)8/h2-4H,1H3;1-4,7-8H. The molecule has 0 aromatic heterocycles. The van der Waals surface area contributed by atoms with Crippen molar-refractivity contribution in [3.63, 3.8) is 0 Å². The fourth-order valence-electron chi connectivity index (χ4n) is 1.35. The van der Waals surface area contributed by atoms with E-state index in [9.17, 15) is 9.59 Å². The van der Waals surface area contributed by atoms with Crippen LogP contribution in [0.25, 0.3) is 0 Å². The molecule has 0 unspecified atom stereocenters. The minimum Gasteiger partial charge on any atom is -0.504 e. The highest BCUT2D eigenvalue weighted by Gasteiger charge is 1.97. The lowest BCUT2D eigenvalue weighted by Crippen LogP contribution is -1.73. The molecule has 0 aliphatic carbocycles. The maximum Gasteiger partial charge on any atom is 0.240 e. The normalized spacial score (nSPS) is 8.62. The van der Waals surface area contributed by atoms with E-state index in [-0.39, 0.29) is 11.5 Å². The fraction of sp³-hybridized carbons (Fsp3) is 0.0667. The first-order chi connectivity index (χ1) is 10.1. The van der Waals surface area contributed by atoms with Crippen molar-refractivity contribution in [1.82, 2.24) is 0 Å². The monoisotopic (exact) mass is 284 g/mol. The first-order valence-electron chi connectivity index (χ1n) is 5.82. The first kappa shape index (κ1) is 15.9. The number of benzene rings is 2. The highest BCUT2D eigenvalue weighted by molar-refractivity contribution is 5.61. The van der Waals surface area contributed by atoms with Crippen LogP contribution >= 0.6 is 0 Å². The lowest BCUT2D eigenvalue weighted by molar-refractivity contribution is 0.404. The Morgan fingerprint density at radius 3 is 1.95 bits per heavy atom. The Kier molecular flexibility index (Phi) is 6.09. The number of para-hydroxylation sites is 2. The summed E-state index contributed by atoms with van der Waals surface area (Å²) in [5.74, 6) is -0.153. The Balaban J connectivity index is 0.000000235. The van der Waals surface area contributed by atoms with Gasteiger partial charge in [-0.25, -0.2) is 9.59 Å². The van der Waals surface area contributed by atoms with Gasteiger partial charge in [0.2, 0.25) is 12.2 Å². The van der Waals surface area contributed by atoms with Crippen LogP contribution in [-0.2, 0) is 9.59 Å². The third-order valence-electron chi connectivity index (χ3n) is 2.42. The van der Waals surface area contributed by atoms with Crippen molar-refractivity contribution in [2.75, 3.05) is 0 Å². The Bertz CT molecular complexity index is 694. The molecule has 2 aromatic carbocycles. The van der Waals surface area contributed by atoms with E-state index in [0.29, 0.717) is 11.4 Å². The highest BCUT2D eigenvalue weighted by atomic mass is 16.3. The Labute approximate surface area is 120 Å². The zero-order chi connectivity index (χ0) is 15.7. The average Bonchev–Trinajstić information content (AvgIpc) is 2.47. The summed E-state index contributed by atoms with van der Waals surface area (Å²) in [6, 6.07) is 11.0. The Morgan fingerprint density at radius 1 is 0.905 bits per heavy atom. The predicted molar refractivity (Wildman–Crippen MR) is 76.5 cm³/mol. The topological polar surface area (TPSA) is 99.3 Å². The van der Waals surface area contributed by atoms with Crippen molar-refractivity contribution >= 4 is 23.5 Å². The summed E-state index contributed by atoms with van der Waals surface area (Å²) in [5, 5.41) is 17.3. The van der Waals surface area contributed by atoms with Crippen molar-refractivity contribution in [3.8, 4) is 11.5 Å². The van der Waals surface area contributed by atoms with Crippen molar-refractivity contribution in [3.05, 3.63) is 48.0 Å². The molecule has 6 heteroatoms. The Hall–Kier alpha value is -3.20. The van der Waals surface area contributed by atoms with Gasteiger partial charge in [0.05, 0.1) is 11.4 Å². The number of hydrogen-bond acceptors (Lipinski definition) is 6. The lowest BCUT2D eigenvalue weighted by atomic mass is 10.2. The number of isocyanates is 2. The van der Waals surface area contributed by atoms with Gasteiger partial charge in [-0.2, -0.15) is 9.98 Å². The zero-order valence-electron chi connectivity index (χ0n) is 11.1. The van der Waals surface area contributed by atoms with E-state index in [1.807, 2.05) is 0 Å². The minimum absolute atomic E-state index is 0.0764. The number of hydrogen-bond donors (Lipinski definition) is 2. The SMILES string of the molecule is Cc1ccc(N=C=O)cc1N=C=O.Oc1ccccc1O. The zero-order valence-corrected chi connectivity index (χ0v) is 11.1. The molecule has 0 fully saturated rings. The molecule has 0 heterocycles. The van der Waals surface area contributed by atoms with Gasteiger partial charge in [-0.1, -0.05) is 18.2 Å². The highest BCUT2D eigenvalue weighted by Crippen LogP contribution is 2.24. The third kappa shape index (κ3) is 5.12. The fourth-order valence-corrected chi connectivity index (χ4v) is 1.35. The van der Waals surface area contributed by atoms with Crippen LogP contribution in [0, 0.1) is 6.92 Å². The molecular weight excluding hydrogens is 272 g/mol. The molecule has 0 aliphatic heterocycles. The van der Waals surface area contributed by atoms with Gasteiger partial charge in [0.1, 0.15) is 0 Å². The van der Waals surface area contributed by atoms with E-state index in [2.05, 4.69) is 9.98 Å². The van der Waals surface area contributed by atoms with E-state index in [0.717, 1.165) is 5.56 Å². The van der Waals surface area contributed by atoms with Crippen LogP contribution in [0.5, 0.6) is 11.5 Å². The van der Waals surface area contributed by atoms with Crippen molar-refractivity contribution in [2.45, 2.75) is 6.92 Å². The van der Waals surface area contributed by atoms with Gasteiger partial charge in [-0.3, -0.25) is 0 Å². The molecule has 0 radical (unpaired) electrons. The molecule has 0 amide bonds. The molecule has 6 nitrogen and oxygen atoms in total. The number of rotatable bonds is 2. The number of phenolic OH excluding ortho intramolecular Hbond substituents is 2. The summed E-state index contributed by atoms with van der Waals surface area (Å²) in [7, 11) is 0. The molecule has 2 rings (SSSR count). The lowest BCUT2D eigenvalue weighted by Gasteiger charge is -1.97. The van der Waals surface area contributed by atoms with Gasteiger partial charge in [0.25, 0.3) is 0 Å². The third-order valence-corrected chi connectivity index (χ3v) is 2.42. The predicted octanol–water partition coefficient (Wildman–Crippen LogP) is 3.03. The molecule has 2 aromatic rings. The molecule has 21 heavy (non-hydrogen) atoms. The van der Waals surface area contributed by atoms with Crippen LogP contribution in [0.1, 0.15) is 5.56 Å². The number of aryl methyl sites for hydroxylation is 1. The van der Waals surface area contributed by atoms with E-state index >= 15 is 0 Å². The largest absolute Gasteiger partial charge is 0.504 e. The quantitative estimate of drug-likeness (QED) is 0.503. The number of nitrogens with zero attached hydrogens (tertiary/aromatic N) is 2.